The Morgan fingerprint density at radius 3 is 3.04 bits per heavy atom. The largest absolute Gasteiger partial charge is 0.300 e. The van der Waals surface area contributed by atoms with Gasteiger partial charge in [-0.15, -0.1) is 10.2 Å². The number of carbonyl (C=O) groups is 1. The summed E-state index contributed by atoms with van der Waals surface area (Å²) in [4.78, 5) is 12.1. The van der Waals surface area contributed by atoms with Crippen LogP contribution in [0.2, 0.25) is 0 Å². The van der Waals surface area contributed by atoms with E-state index in [4.69, 9.17) is 0 Å². The van der Waals surface area contributed by atoms with Crippen LogP contribution in [0.1, 0.15) is 35.9 Å². The number of nitrogens with zero attached hydrogens (tertiary/aromatic N) is 6. The molecule has 3 heterocycles. The molecule has 1 fully saturated rings. The molecule has 9 heteroatoms. The van der Waals surface area contributed by atoms with Gasteiger partial charge in [-0.05, 0) is 19.8 Å². The average Bonchev–Trinajstić information content (AvgIpc) is 3.00. The first kappa shape index (κ1) is 14.3. The van der Waals surface area contributed by atoms with Gasteiger partial charge in [-0.2, -0.15) is 10.2 Å². The maximum absolute atomic E-state index is 12.1. The molecule has 1 N–H and O–H groups in total. The van der Waals surface area contributed by atoms with Crippen LogP contribution in [0.5, 0.6) is 0 Å². The molecule has 3 aromatic heterocycles. The summed E-state index contributed by atoms with van der Waals surface area (Å²) in [5.74, 6) is 0.484. The van der Waals surface area contributed by atoms with Gasteiger partial charge in [-0.3, -0.25) is 14.2 Å². The van der Waals surface area contributed by atoms with Gasteiger partial charge in [0.05, 0.1) is 18.4 Å². The molecule has 0 atom stereocenters. The van der Waals surface area contributed by atoms with Crippen molar-refractivity contribution >= 4 is 33.4 Å². The van der Waals surface area contributed by atoms with E-state index in [1.165, 1.54) is 24.2 Å². The van der Waals surface area contributed by atoms with Crippen molar-refractivity contribution in [1.82, 2.24) is 29.8 Å². The van der Waals surface area contributed by atoms with Crippen LogP contribution in [0.3, 0.4) is 0 Å². The molecule has 23 heavy (non-hydrogen) atoms. The Balaban J connectivity index is 1.40. The Labute approximate surface area is 136 Å². The summed E-state index contributed by atoms with van der Waals surface area (Å²) in [6.07, 6.45) is 4.48. The Morgan fingerprint density at radius 1 is 1.43 bits per heavy atom. The number of hydrogen-bond acceptors (Lipinski definition) is 6. The second-order valence-electron chi connectivity index (χ2n) is 5.83. The molecule has 3 aromatic rings. The zero-order valence-electron chi connectivity index (χ0n) is 13.0. The quantitative estimate of drug-likeness (QED) is 0.770. The zero-order chi connectivity index (χ0) is 16.0. The Morgan fingerprint density at radius 2 is 2.26 bits per heavy atom. The Kier molecular flexibility index (Phi) is 3.37. The Hall–Kier alpha value is -2.29. The molecule has 0 spiro atoms. The van der Waals surface area contributed by atoms with Gasteiger partial charge < -0.3 is 5.32 Å². The van der Waals surface area contributed by atoms with Crippen molar-refractivity contribution in [1.29, 1.82) is 0 Å². The number of carbonyl (C=O) groups excluding carboxylic acids is 1. The first-order valence-electron chi connectivity index (χ1n) is 7.60. The monoisotopic (exact) mass is 331 g/mol. The molecule has 0 bridgehead atoms. The van der Waals surface area contributed by atoms with Crippen LogP contribution in [0.15, 0.2) is 6.20 Å². The standard InChI is InChI=1S/C14H17N7OS/c1-8-12-10(20(2)19-8)7-15-21(12)6-5-11(22)16-14-18-17-13(23-14)9-3-4-9/h7,9H,3-6H2,1-2H3,(H,16,18,22). The highest BCUT2D eigenvalue weighted by molar-refractivity contribution is 7.15. The first-order valence-corrected chi connectivity index (χ1v) is 8.42. The van der Waals surface area contributed by atoms with Crippen molar-refractivity contribution in [2.24, 2.45) is 7.05 Å². The van der Waals surface area contributed by atoms with Gasteiger partial charge in [0.15, 0.2) is 0 Å². The fourth-order valence-electron chi connectivity index (χ4n) is 2.65. The normalized spacial score (nSPS) is 14.5. The molecule has 1 aliphatic rings. The second-order valence-corrected chi connectivity index (χ2v) is 6.84. The molecule has 1 amide bonds. The molecular weight excluding hydrogens is 314 g/mol. The minimum absolute atomic E-state index is 0.0753. The molecule has 0 unspecified atom stereocenters. The molecule has 1 aliphatic carbocycles. The van der Waals surface area contributed by atoms with Crippen molar-refractivity contribution in [2.45, 2.75) is 38.6 Å². The molecule has 0 radical (unpaired) electrons. The topological polar surface area (TPSA) is 90.5 Å². The highest BCUT2D eigenvalue weighted by atomic mass is 32.1. The molecule has 120 valence electrons. The summed E-state index contributed by atoms with van der Waals surface area (Å²) in [5.41, 5.74) is 2.87. The van der Waals surface area contributed by atoms with E-state index in [9.17, 15) is 4.79 Å². The summed E-state index contributed by atoms with van der Waals surface area (Å²) in [6.45, 7) is 2.46. The highest BCUT2D eigenvalue weighted by Crippen LogP contribution is 2.42. The third-order valence-corrected chi connectivity index (χ3v) is 4.98. The third-order valence-electron chi connectivity index (χ3n) is 3.98. The number of nitrogens with one attached hydrogen (secondary N) is 1. The predicted molar refractivity (Wildman–Crippen MR) is 86.4 cm³/mol. The minimum atomic E-state index is -0.0753. The highest BCUT2D eigenvalue weighted by Gasteiger charge is 2.27. The lowest BCUT2D eigenvalue weighted by atomic mass is 10.3. The van der Waals surface area contributed by atoms with Crippen molar-refractivity contribution < 1.29 is 4.79 Å². The van der Waals surface area contributed by atoms with Gasteiger partial charge in [0.2, 0.25) is 11.0 Å². The number of fused-ring (bicyclic) bond motifs is 1. The van der Waals surface area contributed by atoms with E-state index in [1.54, 1.807) is 10.9 Å². The number of hydrogen-bond donors (Lipinski definition) is 1. The average molecular weight is 331 g/mol. The van der Waals surface area contributed by atoms with Crippen LogP contribution in [-0.4, -0.2) is 35.7 Å². The van der Waals surface area contributed by atoms with E-state index in [2.05, 4.69) is 25.7 Å². The van der Waals surface area contributed by atoms with Crippen LogP contribution in [0.4, 0.5) is 5.13 Å². The molecule has 8 nitrogen and oxygen atoms in total. The van der Waals surface area contributed by atoms with Gasteiger partial charge in [0, 0.05) is 19.4 Å². The number of anilines is 1. The first-order chi connectivity index (χ1) is 11.1. The number of amides is 1. The number of rotatable bonds is 5. The molecule has 4 rings (SSSR count). The molecule has 0 aliphatic heterocycles. The summed E-state index contributed by atoms with van der Waals surface area (Å²) >= 11 is 1.47. The van der Waals surface area contributed by atoms with E-state index >= 15 is 0 Å². The summed E-state index contributed by atoms with van der Waals surface area (Å²) in [7, 11) is 1.89. The summed E-state index contributed by atoms with van der Waals surface area (Å²) < 4.78 is 3.63. The van der Waals surface area contributed by atoms with E-state index in [0.29, 0.717) is 24.0 Å². The lowest BCUT2D eigenvalue weighted by Crippen LogP contribution is -2.15. The van der Waals surface area contributed by atoms with Crippen molar-refractivity contribution in [3.05, 3.63) is 16.9 Å². The van der Waals surface area contributed by atoms with Crippen LogP contribution in [-0.2, 0) is 18.4 Å². The lowest BCUT2D eigenvalue weighted by Gasteiger charge is -2.03. The SMILES string of the molecule is Cc1nn(C)c2cnn(CCC(=O)Nc3nnc(C4CC4)s3)c12. The number of aromatic nitrogens is 6. The third kappa shape index (κ3) is 2.72. The lowest BCUT2D eigenvalue weighted by molar-refractivity contribution is -0.116. The fourth-order valence-corrected chi connectivity index (χ4v) is 3.58. The van der Waals surface area contributed by atoms with Crippen LogP contribution < -0.4 is 5.32 Å². The van der Waals surface area contributed by atoms with Crippen molar-refractivity contribution in [2.75, 3.05) is 5.32 Å². The zero-order valence-corrected chi connectivity index (χ0v) is 13.8. The fraction of sp³-hybridized carbons (Fsp3) is 0.500. The maximum Gasteiger partial charge on any atom is 0.228 e. The van der Waals surface area contributed by atoms with Crippen LogP contribution in [0, 0.1) is 6.92 Å². The van der Waals surface area contributed by atoms with Crippen LogP contribution >= 0.6 is 11.3 Å². The van der Waals surface area contributed by atoms with E-state index < -0.39 is 0 Å². The molecule has 0 saturated heterocycles. The maximum atomic E-state index is 12.1. The van der Waals surface area contributed by atoms with Crippen LogP contribution in [0.25, 0.3) is 11.0 Å². The molecule has 1 saturated carbocycles. The number of aryl methyl sites for hydroxylation is 3. The van der Waals surface area contributed by atoms with Gasteiger partial charge >= 0.3 is 0 Å². The summed E-state index contributed by atoms with van der Waals surface area (Å²) in [6, 6.07) is 0. The van der Waals surface area contributed by atoms with E-state index in [1.807, 2.05) is 18.7 Å². The minimum Gasteiger partial charge on any atom is -0.300 e. The van der Waals surface area contributed by atoms with E-state index in [-0.39, 0.29) is 5.91 Å². The second kappa shape index (κ2) is 5.41. The van der Waals surface area contributed by atoms with Gasteiger partial charge in [0.1, 0.15) is 16.0 Å². The molecule has 0 aromatic carbocycles. The summed E-state index contributed by atoms with van der Waals surface area (Å²) in [5, 5.41) is 21.3. The van der Waals surface area contributed by atoms with Crippen molar-refractivity contribution in [3.8, 4) is 0 Å². The van der Waals surface area contributed by atoms with Gasteiger partial charge in [-0.1, -0.05) is 11.3 Å². The van der Waals surface area contributed by atoms with E-state index in [0.717, 1.165) is 21.7 Å². The van der Waals surface area contributed by atoms with Gasteiger partial charge in [0.25, 0.3) is 0 Å². The van der Waals surface area contributed by atoms with Gasteiger partial charge in [-0.25, -0.2) is 0 Å². The molecular formula is C14H17N7OS. The Bertz CT molecular complexity index is 873. The predicted octanol–water partition coefficient (Wildman–Crippen LogP) is 1.84. The van der Waals surface area contributed by atoms with Crippen molar-refractivity contribution in [3.63, 3.8) is 0 Å². The smallest absolute Gasteiger partial charge is 0.228 e.